The molecule has 1 saturated carbocycles. The zero-order chi connectivity index (χ0) is 14.9. The van der Waals surface area contributed by atoms with E-state index in [-0.39, 0.29) is 5.97 Å². The zero-order valence-electron chi connectivity index (χ0n) is 12.4. The van der Waals surface area contributed by atoms with Crippen molar-refractivity contribution in [2.45, 2.75) is 38.0 Å². The molecule has 0 radical (unpaired) electrons. The fourth-order valence-corrected chi connectivity index (χ4v) is 7.65. The number of benzene rings is 2. The van der Waals surface area contributed by atoms with Crippen molar-refractivity contribution in [1.82, 2.24) is 0 Å². The first-order chi connectivity index (χ1) is 10.8. The van der Waals surface area contributed by atoms with Gasteiger partial charge in [-0.15, -0.1) is 0 Å². The molecule has 2 aliphatic rings. The van der Waals surface area contributed by atoms with E-state index in [1.807, 2.05) is 18.2 Å². The zero-order valence-corrected chi connectivity index (χ0v) is 14.6. The summed E-state index contributed by atoms with van der Waals surface area (Å²) in [5.41, 5.74) is 2.22. The molecule has 114 valence electrons. The van der Waals surface area contributed by atoms with E-state index in [4.69, 9.17) is 3.07 Å². The molecule has 0 unspecified atom stereocenters. The second-order valence-corrected chi connectivity index (χ2v) is 10.2. The molecule has 0 saturated heterocycles. The maximum atomic E-state index is 12.0. The number of halogens is 1. The molecular formula is C19H19IO2. The fourth-order valence-electron chi connectivity index (χ4n) is 3.38. The van der Waals surface area contributed by atoms with Crippen LogP contribution < -0.4 is 0 Å². The fraction of sp³-hybridized carbons (Fsp3) is 0.316. The molecule has 4 rings (SSSR count). The first kappa shape index (κ1) is 14.2. The molecule has 0 N–H and O–H groups in total. The van der Waals surface area contributed by atoms with Gasteiger partial charge in [-0.3, -0.25) is 0 Å². The van der Waals surface area contributed by atoms with E-state index in [1.54, 1.807) is 0 Å². The third-order valence-electron chi connectivity index (χ3n) is 4.57. The van der Waals surface area contributed by atoms with Crippen molar-refractivity contribution in [3.05, 3.63) is 66.8 Å². The standard InChI is InChI=1S/C19H19IO2/c21-19-17-8-4-5-9-18(17)20(22-19)16-12-10-15(11-13-16)14-6-2-1-3-7-14/h4-5,8-14H,1-3,6-7H2. The summed E-state index contributed by atoms with van der Waals surface area (Å²) in [6.45, 7) is 0. The molecular weight excluding hydrogens is 387 g/mol. The predicted molar refractivity (Wildman–Crippen MR) is 95.5 cm³/mol. The van der Waals surface area contributed by atoms with Crippen LogP contribution in [0.4, 0.5) is 0 Å². The van der Waals surface area contributed by atoms with Gasteiger partial charge in [0.15, 0.2) is 0 Å². The van der Waals surface area contributed by atoms with Crippen molar-refractivity contribution in [3.8, 4) is 0 Å². The summed E-state index contributed by atoms with van der Waals surface area (Å²) in [5, 5.41) is 0. The predicted octanol–water partition coefficient (Wildman–Crippen LogP) is 5.37. The molecule has 0 amide bonds. The normalized spacial score (nSPS) is 19.8. The van der Waals surface area contributed by atoms with Crippen LogP contribution in [-0.2, 0) is 3.07 Å². The number of fused-ring (bicyclic) bond motifs is 1. The summed E-state index contributed by atoms with van der Waals surface area (Å²) in [7, 11) is 0. The van der Waals surface area contributed by atoms with E-state index in [0.717, 1.165) is 15.1 Å². The van der Waals surface area contributed by atoms with Gasteiger partial charge < -0.3 is 0 Å². The molecule has 0 spiro atoms. The monoisotopic (exact) mass is 406 g/mol. The van der Waals surface area contributed by atoms with Crippen LogP contribution in [0.3, 0.4) is 0 Å². The van der Waals surface area contributed by atoms with E-state index >= 15 is 0 Å². The van der Waals surface area contributed by atoms with Gasteiger partial charge in [0.25, 0.3) is 0 Å². The quantitative estimate of drug-likeness (QED) is 0.628. The third-order valence-corrected chi connectivity index (χ3v) is 9.26. The molecule has 1 aliphatic heterocycles. The Kier molecular flexibility index (Phi) is 3.90. The Labute approximate surface area is 138 Å². The van der Waals surface area contributed by atoms with E-state index in [2.05, 4.69) is 30.3 Å². The molecule has 1 aliphatic carbocycles. The maximum absolute atomic E-state index is 12.0. The van der Waals surface area contributed by atoms with Gasteiger partial charge in [0.2, 0.25) is 0 Å². The molecule has 3 heteroatoms. The van der Waals surface area contributed by atoms with Gasteiger partial charge >= 0.3 is 139 Å². The summed E-state index contributed by atoms with van der Waals surface area (Å²) in [6, 6.07) is 16.8. The van der Waals surface area contributed by atoms with Crippen molar-refractivity contribution in [2.24, 2.45) is 0 Å². The molecule has 0 atom stereocenters. The van der Waals surface area contributed by atoms with Crippen LogP contribution >= 0.6 is 20.2 Å². The number of carbonyl (C=O) groups excluding carboxylic acids is 1. The van der Waals surface area contributed by atoms with Gasteiger partial charge in [0, 0.05) is 0 Å². The van der Waals surface area contributed by atoms with E-state index in [9.17, 15) is 4.79 Å². The summed E-state index contributed by atoms with van der Waals surface area (Å²) in [4.78, 5) is 12.0. The summed E-state index contributed by atoms with van der Waals surface area (Å²) in [5.74, 6) is 0.585. The van der Waals surface area contributed by atoms with Crippen molar-refractivity contribution < 1.29 is 7.86 Å². The minimum atomic E-state index is -2.01. The number of hydrogen-bond acceptors (Lipinski definition) is 2. The van der Waals surface area contributed by atoms with Gasteiger partial charge in [0.05, 0.1) is 0 Å². The number of carbonyl (C=O) groups is 1. The Morgan fingerprint density at radius 3 is 2.41 bits per heavy atom. The first-order valence-corrected chi connectivity index (χ1v) is 11.0. The topological polar surface area (TPSA) is 26.3 Å². The average molecular weight is 406 g/mol. The molecule has 22 heavy (non-hydrogen) atoms. The Morgan fingerprint density at radius 2 is 1.64 bits per heavy atom. The Hall–Kier alpha value is -1.36. The van der Waals surface area contributed by atoms with Crippen LogP contribution in [0.2, 0.25) is 0 Å². The molecule has 0 bridgehead atoms. The van der Waals surface area contributed by atoms with E-state index in [1.165, 1.54) is 41.2 Å². The van der Waals surface area contributed by atoms with Crippen LogP contribution in [0.5, 0.6) is 0 Å². The van der Waals surface area contributed by atoms with Gasteiger partial charge in [0.1, 0.15) is 0 Å². The average Bonchev–Trinajstić information content (AvgIpc) is 2.93. The van der Waals surface area contributed by atoms with Crippen molar-refractivity contribution in [2.75, 3.05) is 0 Å². The second kappa shape index (κ2) is 6.03. The van der Waals surface area contributed by atoms with E-state index in [0.29, 0.717) is 0 Å². The van der Waals surface area contributed by atoms with Crippen LogP contribution in [0, 0.1) is 7.14 Å². The van der Waals surface area contributed by atoms with Gasteiger partial charge in [-0.25, -0.2) is 0 Å². The van der Waals surface area contributed by atoms with Gasteiger partial charge in [-0.2, -0.15) is 0 Å². The third kappa shape index (κ3) is 2.56. The summed E-state index contributed by atoms with van der Waals surface area (Å²) in [6.07, 6.45) is 6.74. The number of rotatable bonds is 2. The second-order valence-electron chi connectivity index (χ2n) is 5.98. The van der Waals surface area contributed by atoms with Gasteiger partial charge in [-0.05, 0) is 0 Å². The van der Waals surface area contributed by atoms with Crippen LogP contribution in [0.1, 0.15) is 53.9 Å². The summed E-state index contributed by atoms with van der Waals surface area (Å²) < 4.78 is 8.09. The van der Waals surface area contributed by atoms with Crippen LogP contribution in [0.25, 0.3) is 0 Å². The Morgan fingerprint density at radius 1 is 0.909 bits per heavy atom. The van der Waals surface area contributed by atoms with Crippen molar-refractivity contribution >= 4 is 26.2 Å². The van der Waals surface area contributed by atoms with Gasteiger partial charge in [-0.1, -0.05) is 0 Å². The van der Waals surface area contributed by atoms with Crippen molar-refractivity contribution in [1.29, 1.82) is 0 Å². The molecule has 2 aromatic carbocycles. The minimum absolute atomic E-state index is 0.142. The molecule has 1 fully saturated rings. The number of hydrogen-bond donors (Lipinski definition) is 0. The molecule has 2 nitrogen and oxygen atoms in total. The van der Waals surface area contributed by atoms with Crippen molar-refractivity contribution in [3.63, 3.8) is 0 Å². The Balaban J connectivity index is 1.60. The SMILES string of the molecule is O=C1OI(c2ccc(C3CCCCC3)cc2)c2ccccc21. The molecule has 1 heterocycles. The Bertz CT molecular complexity index is 687. The molecule has 0 aromatic heterocycles. The van der Waals surface area contributed by atoms with E-state index < -0.39 is 20.2 Å². The molecule has 2 aromatic rings. The van der Waals surface area contributed by atoms with Crippen LogP contribution in [0.15, 0.2) is 48.5 Å². The first-order valence-electron chi connectivity index (χ1n) is 7.94. The summed E-state index contributed by atoms with van der Waals surface area (Å²) >= 11 is -2.01. The van der Waals surface area contributed by atoms with Crippen LogP contribution in [-0.4, -0.2) is 5.97 Å².